The van der Waals surface area contributed by atoms with Gasteiger partial charge in [-0.05, 0) is 37.5 Å². The molecule has 0 aliphatic carbocycles. The molecular formula is C23H31N3O5. The molecule has 168 valence electrons. The second-order valence-corrected chi connectivity index (χ2v) is 7.70. The van der Waals surface area contributed by atoms with Gasteiger partial charge in [0.1, 0.15) is 0 Å². The Morgan fingerprint density at radius 2 is 1.65 bits per heavy atom. The van der Waals surface area contributed by atoms with Crippen molar-refractivity contribution in [3.8, 4) is 11.4 Å². The van der Waals surface area contributed by atoms with Gasteiger partial charge in [0, 0.05) is 19.0 Å². The van der Waals surface area contributed by atoms with Crippen molar-refractivity contribution >= 4 is 11.9 Å². The van der Waals surface area contributed by atoms with Gasteiger partial charge in [-0.15, -0.1) is 0 Å². The Labute approximate surface area is 181 Å². The Bertz CT molecular complexity index is 939. The number of amides is 1. The molecule has 31 heavy (non-hydrogen) atoms. The van der Waals surface area contributed by atoms with Crippen LogP contribution >= 0.6 is 0 Å². The third-order valence-electron chi connectivity index (χ3n) is 4.98. The van der Waals surface area contributed by atoms with Crippen molar-refractivity contribution < 1.29 is 19.8 Å². The van der Waals surface area contributed by atoms with Gasteiger partial charge in [-0.2, -0.15) is 9.78 Å². The average Bonchev–Trinajstić information content (AvgIpc) is 2.71. The molecule has 0 fully saturated rings. The first-order valence-electron chi connectivity index (χ1n) is 10.8. The lowest BCUT2D eigenvalue weighted by Crippen LogP contribution is -2.29. The zero-order valence-corrected chi connectivity index (χ0v) is 18.0. The molecule has 3 N–H and O–H groups in total. The van der Waals surface area contributed by atoms with E-state index in [1.807, 2.05) is 13.0 Å². The van der Waals surface area contributed by atoms with E-state index in [-0.39, 0.29) is 12.1 Å². The van der Waals surface area contributed by atoms with E-state index in [4.69, 9.17) is 5.11 Å². The minimum Gasteiger partial charge on any atom is -0.505 e. The minimum absolute atomic E-state index is 0.178. The first kappa shape index (κ1) is 24.1. The van der Waals surface area contributed by atoms with E-state index < -0.39 is 23.2 Å². The Kier molecular flexibility index (Phi) is 9.74. The molecule has 1 aromatic carbocycles. The molecule has 0 radical (unpaired) electrons. The van der Waals surface area contributed by atoms with Crippen LogP contribution in [0.25, 0.3) is 5.69 Å². The van der Waals surface area contributed by atoms with Gasteiger partial charge in [0.2, 0.25) is 0 Å². The van der Waals surface area contributed by atoms with Gasteiger partial charge in [-0.1, -0.05) is 50.7 Å². The second kappa shape index (κ2) is 12.5. The number of hydrogen-bond donors (Lipinski definition) is 3. The fourth-order valence-corrected chi connectivity index (χ4v) is 3.30. The number of rotatable bonds is 13. The van der Waals surface area contributed by atoms with Crippen LogP contribution in [0.1, 0.15) is 73.8 Å². The third kappa shape index (κ3) is 8.24. The first-order valence-corrected chi connectivity index (χ1v) is 10.8. The van der Waals surface area contributed by atoms with Crippen LogP contribution in [0.2, 0.25) is 0 Å². The van der Waals surface area contributed by atoms with Crippen molar-refractivity contribution in [3.05, 3.63) is 51.9 Å². The highest BCUT2D eigenvalue weighted by Crippen LogP contribution is 2.14. The lowest BCUT2D eigenvalue weighted by molar-refractivity contribution is -0.137. The maximum absolute atomic E-state index is 12.4. The number of unbranched alkanes of at least 4 members (excludes halogenated alkanes) is 7. The van der Waals surface area contributed by atoms with Crippen LogP contribution in [-0.2, 0) is 4.79 Å². The second-order valence-electron chi connectivity index (χ2n) is 7.70. The molecule has 0 aliphatic heterocycles. The van der Waals surface area contributed by atoms with Gasteiger partial charge < -0.3 is 15.5 Å². The topological polar surface area (TPSA) is 122 Å². The van der Waals surface area contributed by atoms with E-state index in [2.05, 4.69) is 10.4 Å². The molecule has 0 spiro atoms. The van der Waals surface area contributed by atoms with Gasteiger partial charge >= 0.3 is 5.97 Å². The van der Waals surface area contributed by atoms with Crippen molar-refractivity contribution in [2.24, 2.45) is 0 Å². The Morgan fingerprint density at radius 3 is 2.29 bits per heavy atom. The van der Waals surface area contributed by atoms with E-state index in [1.54, 1.807) is 18.2 Å². The molecule has 0 bridgehead atoms. The summed E-state index contributed by atoms with van der Waals surface area (Å²) in [5.74, 6) is -1.69. The highest BCUT2D eigenvalue weighted by Gasteiger charge is 2.16. The number of carboxylic acid groups (broad SMARTS) is 1. The maximum atomic E-state index is 12.4. The summed E-state index contributed by atoms with van der Waals surface area (Å²) in [4.78, 5) is 35.0. The van der Waals surface area contributed by atoms with Crippen LogP contribution in [-0.4, -0.2) is 38.4 Å². The van der Waals surface area contributed by atoms with Gasteiger partial charge in [0.25, 0.3) is 11.5 Å². The molecule has 0 atom stereocenters. The van der Waals surface area contributed by atoms with Crippen LogP contribution in [0.4, 0.5) is 0 Å². The summed E-state index contributed by atoms with van der Waals surface area (Å²) in [6.07, 6.45) is 7.98. The molecule has 1 amide bonds. The van der Waals surface area contributed by atoms with Crippen molar-refractivity contribution in [1.29, 1.82) is 0 Å². The van der Waals surface area contributed by atoms with Gasteiger partial charge in [0.05, 0.1) is 5.69 Å². The van der Waals surface area contributed by atoms with E-state index in [1.165, 1.54) is 0 Å². The molecule has 2 rings (SSSR count). The standard InChI is InChI=1S/C23H31N3O5/c1-17-11-10-12-18(15-17)26-20(28)16-19(27)22(25-26)23(31)24-14-9-7-5-3-2-4-6-8-13-21(29)30/h10-12,15-16,27H,2-9,13-14H2,1H3,(H,24,31)(H,29,30). The average molecular weight is 430 g/mol. The fraction of sp³-hybridized carbons (Fsp3) is 0.478. The summed E-state index contributed by atoms with van der Waals surface area (Å²) in [6, 6.07) is 8.18. The van der Waals surface area contributed by atoms with Gasteiger partial charge in [-0.3, -0.25) is 14.4 Å². The van der Waals surface area contributed by atoms with Gasteiger partial charge in [0.15, 0.2) is 11.4 Å². The van der Waals surface area contributed by atoms with E-state index in [9.17, 15) is 19.5 Å². The number of nitrogens with one attached hydrogen (secondary N) is 1. The lowest BCUT2D eigenvalue weighted by Gasteiger charge is -2.10. The Balaban J connectivity index is 1.74. The van der Waals surface area contributed by atoms with Crippen LogP contribution in [0.3, 0.4) is 0 Å². The normalized spacial score (nSPS) is 10.7. The fourth-order valence-electron chi connectivity index (χ4n) is 3.30. The molecule has 2 aromatic rings. The summed E-state index contributed by atoms with van der Waals surface area (Å²) in [6.45, 7) is 2.35. The van der Waals surface area contributed by atoms with Crippen LogP contribution in [0.15, 0.2) is 35.1 Å². The number of benzene rings is 1. The van der Waals surface area contributed by atoms with Crippen molar-refractivity contribution in [1.82, 2.24) is 15.1 Å². The monoisotopic (exact) mass is 429 g/mol. The third-order valence-corrected chi connectivity index (χ3v) is 4.98. The summed E-state index contributed by atoms with van der Waals surface area (Å²) in [5, 5.41) is 25.4. The quantitative estimate of drug-likeness (QED) is 0.419. The zero-order chi connectivity index (χ0) is 22.6. The predicted octanol–water partition coefficient (Wildman–Crippen LogP) is 3.57. The zero-order valence-electron chi connectivity index (χ0n) is 18.0. The van der Waals surface area contributed by atoms with Crippen LogP contribution in [0, 0.1) is 6.92 Å². The number of hydrogen-bond acceptors (Lipinski definition) is 5. The number of aryl methyl sites for hydroxylation is 1. The predicted molar refractivity (Wildman–Crippen MR) is 118 cm³/mol. The van der Waals surface area contributed by atoms with Gasteiger partial charge in [-0.25, -0.2) is 0 Å². The van der Waals surface area contributed by atoms with E-state index in [0.717, 1.165) is 67.7 Å². The smallest absolute Gasteiger partial charge is 0.303 e. The molecule has 8 nitrogen and oxygen atoms in total. The number of carboxylic acids is 1. The minimum atomic E-state index is -0.737. The number of aliphatic carboxylic acids is 1. The molecule has 0 saturated carbocycles. The highest BCUT2D eigenvalue weighted by molar-refractivity contribution is 5.94. The molecule has 0 aliphatic rings. The Morgan fingerprint density at radius 1 is 1.00 bits per heavy atom. The summed E-state index contributed by atoms with van der Waals surface area (Å²) in [7, 11) is 0. The Hall–Kier alpha value is -3.16. The number of carbonyl (C=O) groups excluding carboxylic acids is 1. The van der Waals surface area contributed by atoms with E-state index in [0.29, 0.717) is 12.2 Å². The van der Waals surface area contributed by atoms with Crippen molar-refractivity contribution in [2.75, 3.05) is 6.54 Å². The number of carbonyl (C=O) groups is 2. The maximum Gasteiger partial charge on any atom is 0.303 e. The molecule has 1 aromatic heterocycles. The van der Waals surface area contributed by atoms with Crippen LogP contribution < -0.4 is 10.9 Å². The largest absolute Gasteiger partial charge is 0.505 e. The highest BCUT2D eigenvalue weighted by atomic mass is 16.4. The lowest BCUT2D eigenvalue weighted by atomic mass is 10.1. The summed E-state index contributed by atoms with van der Waals surface area (Å²) < 4.78 is 1.11. The van der Waals surface area contributed by atoms with Crippen molar-refractivity contribution in [3.63, 3.8) is 0 Å². The van der Waals surface area contributed by atoms with Crippen LogP contribution in [0.5, 0.6) is 5.75 Å². The molecule has 0 unspecified atom stereocenters. The summed E-state index contributed by atoms with van der Waals surface area (Å²) >= 11 is 0. The molecular weight excluding hydrogens is 398 g/mol. The van der Waals surface area contributed by atoms with Crippen molar-refractivity contribution in [2.45, 2.75) is 64.7 Å². The summed E-state index contributed by atoms with van der Waals surface area (Å²) in [5.41, 5.74) is 0.789. The number of aromatic nitrogens is 2. The molecule has 1 heterocycles. The number of aromatic hydroxyl groups is 1. The number of nitrogens with zero attached hydrogens (tertiary/aromatic N) is 2. The van der Waals surface area contributed by atoms with E-state index >= 15 is 0 Å². The molecule has 0 saturated heterocycles. The molecule has 8 heteroatoms. The SMILES string of the molecule is Cc1cccc(-n2nc(C(=O)NCCCCCCCCCCC(=O)O)c(O)cc2=O)c1. The first-order chi connectivity index (χ1) is 14.9.